The van der Waals surface area contributed by atoms with Crippen molar-refractivity contribution in [2.45, 2.75) is 48.2 Å². The van der Waals surface area contributed by atoms with Crippen LogP contribution in [0.1, 0.15) is 33.6 Å². The summed E-state index contributed by atoms with van der Waals surface area (Å²) in [5.74, 6) is 0. The summed E-state index contributed by atoms with van der Waals surface area (Å²) in [6.07, 6.45) is 0.582. The molecular formula is C9H15Cl3N2OS. The highest BCUT2D eigenvalue weighted by molar-refractivity contribution is 7.90. The predicted octanol–water partition coefficient (Wildman–Crippen LogP) is 3.08. The number of nitrogens with zero attached hydrogens (tertiary/aromatic N) is 1. The SMILES string of the molecule is CC(C)(C)[S@@+]([O-])N[C@@H](C#N)CCC(Cl)(Cl)Cl. The highest BCUT2D eigenvalue weighted by atomic mass is 35.6. The lowest BCUT2D eigenvalue weighted by atomic mass is 10.2. The van der Waals surface area contributed by atoms with E-state index >= 15 is 0 Å². The molecule has 0 saturated carbocycles. The van der Waals surface area contributed by atoms with Crippen molar-refractivity contribution in [1.29, 1.82) is 5.26 Å². The molecule has 16 heavy (non-hydrogen) atoms. The van der Waals surface area contributed by atoms with Gasteiger partial charge in [-0.1, -0.05) is 34.8 Å². The molecule has 94 valence electrons. The van der Waals surface area contributed by atoms with Gasteiger partial charge in [0.1, 0.15) is 10.8 Å². The molecule has 0 aliphatic carbocycles. The van der Waals surface area contributed by atoms with Crippen LogP contribution in [-0.2, 0) is 11.4 Å². The number of halogens is 3. The van der Waals surface area contributed by atoms with E-state index in [-0.39, 0.29) is 6.42 Å². The first-order valence-corrected chi connectivity index (χ1v) is 6.99. The lowest BCUT2D eigenvalue weighted by Gasteiger charge is -2.25. The van der Waals surface area contributed by atoms with E-state index < -0.39 is 25.9 Å². The highest BCUT2D eigenvalue weighted by Gasteiger charge is 2.30. The van der Waals surface area contributed by atoms with E-state index in [0.717, 1.165) is 0 Å². The summed E-state index contributed by atoms with van der Waals surface area (Å²) in [5, 5.41) is 8.86. The Bertz CT molecular complexity index is 257. The van der Waals surface area contributed by atoms with Crippen molar-refractivity contribution in [2.24, 2.45) is 0 Å². The van der Waals surface area contributed by atoms with E-state index in [1.807, 2.05) is 26.8 Å². The van der Waals surface area contributed by atoms with Gasteiger partial charge in [-0.3, -0.25) is 0 Å². The molecule has 0 aliphatic heterocycles. The van der Waals surface area contributed by atoms with Crippen molar-refractivity contribution in [3.05, 3.63) is 0 Å². The van der Waals surface area contributed by atoms with E-state index in [4.69, 9.17) is 40.1 Å². The predicted molar refractivity (Wildman–Crippen MR) is 70.0 cm³/mol. The second-order valence-electron chi connectivity index (χ2n) is 4.33. The largest absolute Gasteiger partial charge is 0.598 e. The van der Waals surface area contributed by atoms with Gasteiger partial charge >= 0.3 is 0 Å². The third-order valence-corrected chi connectivity index (χ3v) is 3.86. The van der Waals surface area contributed by atoms with Gasteiger partial charge in [-0.2, -0.15) is 5.26 Å². The lowest BCUT2D eigenvalue weighted by molar-refractivity contribution is 0.527. The van der Waals surface area contributed by atoms with Crippen LogP contribution >= 0.6 is 34.8 Å². The zero-order chi connectivity index (χ0) is 13.0. The molecule has 0 saturated heterocycles. The number of alkyl halides is 3. The monoisotopic (exact) mass is 304 g/mol. The van der Waals surface area contributed by atoms with E-state index in [1.165, 1.54) is 0 Å². The molecule has 0 aromatic heterocycles. The van der Waals surface area contributed by atoms with Gasteiger partial charge < -0.3 is 4.55 Å². The Labute approximate surface area is 115 Å². The van der Waals surface area contributed by atoms with Crippen LogP contribution in [0.15, 0.2) is 0 Å². The molecule has 0 heterocycles. The number of nitrogens with one attached hydrogen (secondary N) is 1. The van der Waals surface area contributed by atoms with E-state index in [1.54, 1.807) is 0 Å². The molecule has 2 atom stereocenters. The molecular weight excluding hydrogens is 291 g/mol. The maximum atomic E-state index is 11.7. The maximum Gasteiger partial charge on any atom is 0.190 e. The van der Waals surface area contributed by atoms with Gasteiger partial charge in [0.05, 0.1) is 6.07 Å². The summed E-state index contributed by atoms with van der Waals surface area (Å²) >= 11 is 15.4. The Morgan fingerprint density at radius 1 is 1.38 bits per heavy atom. The van der Waals surface area contributed by atoms with Crippen LogP contribution in [0.5, 0.6) is 0 Å². The van der Waals surface area contributed by atoms with Crippen LogP contribution in [0.4, 0.5) is 0 Å². The molecule has 0 aromatic carbocycles. The van der Waals surface area contributed by atoms with E-state index in [9.17, 15) is 4.55 Å². The van der Waals surface area contributed by atoms with Crippen molar-refractivity contribution < 1.29 is 4.55 Å². The molecule has 3 nitrogen and oxygen atoms in total. The van der Waals surface area contributed by atoms with Crippen molar-refractivity contribution in [3.63, 3.8) is 0 Å². The number of hydrogen-bond acceptors (Lipinski definition) is 3. The van der Waals surface area contributed by atoms with Gasteiger partial charge in [0.2, 0.25) is 0 Å². The fourth-order valence-corrected chi connectivity index (χ4v) is 1.87. The first kappa shape index (κ1) is 16.6. The van der Waals surface area contributed by atoms with Crippen LogP contribution in [-0.4, -0.2) is 19.1 Å². The van der Waals surface area contributed by atoms with Crippen LogP contribution in [0.25, 0.3) is 0 Å². The molecule has 0 aromatic rings. The third-order valence-electron chi connectivity index (χ3n) is 1.68. The Kier molecular flexibility index (Phi) is 6.79. The summed E-state index contributed by atoms with van der Waals surface area (Å²) < 4.78 is 12.6. The van der Waals surface area contributed by atoms with Gasteiger partial charge in [-0.15, -0.1) is 4.72 Å². The van der Waals surface area contributed by atoms with Crippen LogP contribution in [0, 0.1) is 11.3 Å². The second-order valence-corrected chi connectivity index (χ2v) is 8.85. The second kappa shape index (κ2) is 6.53. The van der Waals surface area contributed by atoms with E-state index in [2.05, 4.69) is 4.72 Å². The Morgan fingerprint density at radius 2 is 1.88 bits per heavy atom. The van der Waals surface area contributed by atoms with Crippen molar-refractivity contribution in [2.75, 3.05) is 0 Å². The normalized spacial score (nSPS) is 16.6. The minimum Gasteiger partial charge on any atom is -0.598 e. The van der Waals surface area contributed by atoms with Gasteiger partial charge in [-0.25, -0.2) is 0 Å². The fraction of sp³-hybridized carbons (Fsp3) is 0.889. The van der Waals surface area contributed by atoms with Crippen molar-refractivity contribution in [3.8, 4) is 6.07 Å². The summed E-state index contributed by atoms with van der Waals surface area (Å²) in [7, 11) is 0. The smallest absolute Gasteiger partial charge is 0.190 e. The molecule has 7 heteroatoms. The summed E-state index contributed by atoms with van der Waals surface area (Å²) in [6.45, 7) is 5.46. The summed E-state index contributed by atoms with van der Waals surface area (Å²) in [6, 6.07) is 1.42. The minimum absolute atomic E-state index is 0.240. The average Bonchev–Trinajstić information content (AvgIpc) is 2.08. The molecule has 0 rings (SSSR count). The van der Waals surface area contributed by atoms with E-state index in [0.29, 0.717) is 6.42 Å². The topological polar surface area (TPSA) is 58.9 Å². The zero-order valence-corrected chi connectivity index (χ0v) is 12.5. The lowest BCUT2D eigenvalue weighted by Crippen LogP contribution is -2.44. The van der Waals surface area contributed by atoms with Crippen LogP contribution in [0.3, 0.4) is 0 Å². The molecule has 0 aliphatic rings. The fourth-order valence-electron chi connectivity index (χ4n) is 0.764. The van der Waals surface area contributed by atoms with Gasteiger partial charge in [0.15, 0.2) is 3.79 Å². The first-order chi connectivity index (χ1) is 7.06. The van der Waals surface area contributed by atoms with Crippen LogP contribution < -0.4 is 4.72 Å². The Morgan fingerprint density at radius 3 is 2.19 bits per heavy atom. The standard InChI is InChI=1S/C9H15Cl3N2OS/c1-8(2,3)16(15)14-7(6-13)4-5-9(10,11)12/h7,14H,4-5H2,1-3H3/t7-,16-/m1/s1. The molecule has 1 N–H and O–H groups in total. The van der Waals surface area contributed by atoms with Crippen molar-refractivity contribution >= 4 is 46.2 Å². The molecule has 0 spiro atoms. The quantitative estimate of drug-likeness (QED) is 0.641. The summed E-state index contributed by atoms with van der Waals surface area (Å²) in [5.41, 5.74) is 0. The summed E-state index contributed by atoms with van der Waals surface area (Å²) in [4.78, 5) is 0. The highest BCUT2D eigenvalue weighted by Crippen LogP contribution is 2.31. The third kappa shape index (κ3) is 7.83. The molecule has 0 unspecified atom stereocenters. The number of rotatable bonds is 4. The number of nitriles is 1. The minimum atomic E-state index is -1.37. The zero-order valence-electron chi connectivity index (χ0n) is 9.39. The van der Waals surface area contributed by atoms with Gasteiger partial charge in [0.25, 0.3) is 0 Å². The molecule has 0 radical (unpaired) electrons. The first-order valence-electron chi connectivity index (χ1n) is 4.70. The maximum absolute atomic E-state index is 11.7. The van der Waals surface area contributed by atoms with Crippen molar-refractivity contribution in [1.82, 2.24) is 4.72 Å². The Hall–Kier alpha value is 0.630. The molecule has 0 bridgehead atoms. The Balaban J connectivity index is 4.18. The van der Waals surface area contributed by atoms with Gasteiger partial charge in [-0.05, 0) is 33.6 Å². The average molecular weight is 306 g/mol. The molecule has 0 amide bonds. The molecule has 0 fully saturated rings. The number of hydrogen-bond donors (Lipinski definition) is 1. The van der Waals surface area contributed by atoms with Gasteiger partial charge in [0, 0.05) is 11.4 Å². The van der Waals surface area contributed by atoms with Crippen LogP contribution in [0.2, 0.25) is 0 Å².